The number of pyridine rings is 1. The molecule has 0 spiro atoms. The van der Waals surface area contributed by atoms with E-state index in [-0.39, 0.29) is 18.8 Å². The van der Waals surface area contributed by atoms with Crippen LogP contribution in [0.5, 0.6) is 0 Å². The molecule has 0 aliphatic heterocycles. The first-order valence-electron chi connectivity index (χ1n) is 8.86. The fraction of sp³-hybridized carbons (Fsp3) is 0.158. The summed E-state index contributed by atoms with van der Waals surface area (Å²) in [6.45, 7) is -0.142. The van der Waals surface area contributed by atoms with E-state index in [1.54, 1.807) is 37.6 Å². The molecular weight excluding hydrogens is 392 g/mol. The van der Waals surface area contributed by atoms with Crippen molar-refractivity contribution in [3.05, 3.63) is 97.6 Å². The van der Waals surface area contributed by atoms with E-state index in [4.69, 9.17) is 4.42 Å². The highest BCUT2D eigenvalue weighted by atomic mass is 16.6. The maximum atomic E-state index is 13.3. The van der Waals surface area contributed by atoms with Crippen LogP contribution in [0.4, 0.5) is 5.69 Å². The van der Waals surface area contributed by atoms with Crippen LogP contribution in [-0.4, -0.2) is 28.8 Å². The van der Waals surface area contributed by atoms with Crippen LogP contribution in [0.2, 0.25) is 0 Å². The Labute approximate surface area is 168 Å². The highest BCUT2D eigenvalue weighted by Crippen LogP contribution is 2.26. The van der Waals surface area contributed by atoms with Crippen LogP contribution in [0, 0.1) is 10.1 Å². The van der Waals surface area contributed by atoms with Gasteiger partial charge in [0.15, 0.2) is 0 Å². The molecule has 4 aromatic heterocycles. The molecule has 0 aliphatic rings. The van der Waals surface area contributed by atoms with Crippen LogP contribution in [0.3, 0.4) is 0 Å². The van der Waals surface area contributed by atoms with Crippen LogP contribution in [0.25, 0.3) is 11.3 Å². The molecule has 0 radical (unpaired) electrons. The molecule has 0 aliphatic carbocycles. The quantitative estimate of drug-likeness (QED) is 0.348. The van der Waals surface area contributed by atoms with Crippen LogP contribution in [0.15, 0.2) is 69.5 Å². The summed E-state index contributed by atoms with van der Waals surface area (Å²) in [6.07, 6.45) is 8.78. The Hall–Kier alpha value is -4.28. The van der Waals surface area contributed by atoms with Gasteiger partial charge in [-0.3, -0.25) is 29.1 Å². The van der Waals surface area contributed by atoms with Crippen LogP contribution in [-0.2, 0) is 20.1 Å². The lowest BCUT2D eigenvalue weighted by Gasteiger charge is -2.15. The number of hydrogen-bond donors (Lipinski definition) is 0. The minimum Gasteiger partial charge on any atom is -0.472 e. The van der Waals surface area contributed by atoms with Gasteiger partial charge in [0.25, 0.3) is 0 Å². The number of nitrogens with zero attached hydrogens (tertiary/aromatic N) is 6. The number of nitro groups is 1. The molecular formula is C19H16N6O5. The second-order valence-electron chi connectivity index (χ2n) is 6.60. The summed E-state index contributed by atoms with van der Waals surface area (Å²) >= 11 is 0. The minimum absolute atomic E-state index is 0.0120. The summed E-state index contributed by atoms with van der Waals surface area (Å²) < 4.78 is 8.48. The van der Waals surface area contributed by atoms with Gasteiger partial charge in [-0.2, -0.15) is 5.10 Å². The van der Waals surface area contributed by atoms with E-state index in [9.17, 15) is 19.7 Å². The number of aryl methyl sites for hydroxylation is 1. The Morgan fingerprint density at radius 1 is 1.10 bits per heavy atom. The zero-order valence-corrected chi connectivity index (χ0v) is 15.8. The van der Waals surface area contributed by atoms with Crippen molar-refractivity contribution in [2.75, 3.05) is 0 Å². The molecule has 4 rings (SSSR count). The Bertz CT molecular complexity index is 1320. The zero-order valence-electron chi connectivity index (χ0n) is 15.8. The molecule has 152 valence electrons. The second-order valence-corrected chi connectivity index (χ2v) is 6.60. The third kappa shape index (κ3) is 3.43. The van der Waals surface area contributed by atoms with Crippen LogP contribution >= 0.6 is 0 Å². The first-order valence-corrected chi connectivity index (χ1v) is 8.86. The third-order valence-electron chi connectivity index (χ3n) is 4.58. The first kappa shape index (κ1) is 19.1. The molecule has 0 bridgehead atoms. The lowest BCUT2D eigenvalue weighted by Crippen LogP contribution is -2.42. The summed E-state index contributed by atoms with van der Waals surface area (Å²) in [5.74, 6) is 0. The molecule has 30 heavy (non-hydrogen) atoms. The van der Waals surface area contributed by atoms with Gasteiger partial charge < -0.3 is 4.42 Å². The van der Waals surface area contributed by atoms with Gasteiger partial charge >= 0.3 is 16.9 Å². The molecule has 0 aromatic carbocycles. The van der Waals surface area contributed by atoms with Gasteiger partial charge in [-0.05, 0) is 23.8 Å². The van der Waals surface area contributed by atoms with Crippen molar-refractivity contribution in [1.82, 2.24) is 23.9 Å². The van der Waals surface area contributed by atoms with E-state index >= 15 is 0 Å². The predicted octanol–water partition coefficient (Wildman–Crippen LogP) is 1.40. The van der Waals surface area contributed by atoms with E-state index in [0.29, 0.717) is 16.7 Å². The summed E-state index contributed by atoms with van der Waals surface area (Å²) in [5.41, 5.74) is -0.932. The minimum atomic E-state index is -0.990. The van der Waals surface area contributed by atoms with Gasteiger partial charge in [-0.1, -0.05) is 0 Å². The SMILES string of the molecule is Cn1cc(-c2c([N+](=O)[O-])c(=O)n(Cc3ccoc3)c(=O)n2Cc2ccncc2)cn1. The van der Waals surface area contributed by atoms with Crippen molar-refractivity contribution in [2.45, 2.75) is 13.1 Å². The van der Waals surface area contributed by atoms with Gasteiger partial charge in [0, 0.05) is 36.8 Å². The van der Waals surface area contributed by atoms with E-state index in [0.717, 1.165) is 4.57 Å². The average Bonchev–Trinajstić information content (AvgIpc) is 3.39. The Kier molecular flexibility index (Phi) is 4.84. The Balaban J connectivity index is 2.03. The van der Waals surface area contributed by atoms with Crippen molar-refractivity contribution in [1.29, 1.82) is 0 Å². The summed E-state index contributed by atoms with van der Waals surface area (Å²) in [6, 6.07) is 4.97. The van der Waals surface area contributed by atoms with E-state index in [1.807, 2.05) is 0 Å². The fourth-order valence-electron chi connectivity index (χ4n) is 3.21. The average molecular weight is 408 g/mol. The molecule has 0 saturated heterocycles. The van der Waals surface area contributed by atoms with Crippen LogP contribution in [0.1, 0.15) is 11.1 Å². The molecule has 0 unspecified atom stereocenters. The molecule has 0 atom stereocenters. The summed E-state index contributed by atoms with van der Waals surface area (Å²) in [7, 11) is 1.64. The first-order chi connectivity index (χ1) is 14.5. The topological polar surface area (TPSA) is 131 Å². The number of aromatic nitrogens is 5. The zero-order chi connectivity index (χ0) is 21.3. The van der Waals surface area contributed by atoms with Gasteiger partial charge in [0.05, 0.1) is 36.7 Å². The monoisotopic (exact) mass is 408 g/mol. The highest BCUT2D eigenvalue weighted by Gasteiger charge is 2.30. The molecule has 0 saturated carbocycles. The van der Waals surface area contributed by atoms with Crippen molar-refractivity contribution >= 4 is 5.69 Å². The standard InChI is InChI=1S/C19H16N6O5/c1-22-11-15(8-21-22)16-17(25(28)29)18(26)24(10-14-4-7-30-12-14)19(27)23(16)9-13-2-5-20-6-3-13/h2-8,11-12H,9-10H2,1H3. The Morgan fingerprint density at radius 3 is 2.43 bits per heavy atom. The summed E-state index contributed by atoms with van der Waals surface area (Å²) in [5, 5.41) is 15.9. The molecule has 4 aromatic rings. The largest absolute Gasteiger partial charge is 0.472 e. The molecule has 11 nitrogen and oxygen atoms in total. The van der Waals surface area contributed by atoms with Gasteiger partial charge in [-0.15, -0.1) is 0 Å². The second kappa shape index (κ2) is 7.62. The highest BCUT2D eigenvalue weighted by molar-refractivity contribution is 5.68. The van der Waals surface area contributed by atoms with Crippen molar-refractivity contribution < 1.29 is 9.34 Å². The third-order valence-corrected chi connectivity index (χ3v) is 4.58. The number of rotatable bonds is 6. The van der Waals surface area contributed by atoms with Crippen molar-refractivity contribution in [2.24, 2.45) is 7.05 Å². The molecule has 0 N–H and O–H groups in total. The van der Waals surface area contributed by atoms with E-state index in [1.165, 1.54) is 34.2 Å². The maximum Gasteiger partial charge on any atom is 0.358 e. The number of hydrogen-bond acceptors (Lipinski definition) is 7. The fourth-order valence-corrected chi connectivity index (χ4v) is 3.21. The smallest absolute Gasteiger partial charge is 0.358 e. The summed E-state index contributed by atoms with van der Waals surface area (Å²) in [4.78, 5) is 41.4. The predicted molar refractivity (Wildman–Crippen MR) is 105 cm³/mol. The molecule has 4 heterocycles. The number of furan rings is 1. The maximum absolute atomic E-state index is 13.3. The lowest BCUT2D eigenvalue weighted by molar-refractivity contribution is -0.386. The lowest BCUT2D eigenvalue weighted by atomic mass is 10.2. The van der Waals surface area contributed by atoms with Crippen LogP contribution < -0.4 is 11.2 Å². The van der Waals surface area contributed by atoms with E-state index in [2.05, 4.69) is 10.1 Å². The molecule has 0 fully saturated rings. The molecule has 11 heteroatoms. The Morgan fingerprint density at radius 2 is 1.83 bits per heavy atom. The van der Waals surface area contributed by atoms with Gasteiger partial charge in [0.1, 0.15) is 5.69 Å². The van der Waals surface area contributed by atoms with E-state index < -0.39 is 21.9 Å². The molecule has 0 amide bonds. The van der Waals surface area contributed by atoms with Crippen molar-refractivity contribution in [3.8, 4) is 11.3 Å². The van der Waals surface area contributed by atoms with Gasteiger partial charge in [-0.25, -0.2) is 9.36 Å². The van der Waals surface area contributed by atoms with Gasteiger partial charge in [0.2, 0.25) is 0 Å². The van der Waals surface area contributed by atoms with Crippen molar-refractivity contribution in [3.63, 3.8) is 0 Å². The normalized spacial score (nSPS) is 11.0.